The fraction of sp³-hybridized carbons (Fsp3) is 0.625. The van der Waals surface area contributed by atoms with Gasteiger partial charge in [0.1, 0.15) is 0 Å². The Morgan fingerprint density at radius 2 is 1.83 bits per heavy atom. The van der Waals surface area contributed by atoms with Crippen LogP contribution in [0.15, 0.2) is 24.3 Å². The second kappa shape index (κ2) is 8.28. The van der Waals surface area contributed by atoms with Gasteiger partial charge in [-0.1, -0.05) is 51.5 Å². The van der Waals surface area contributed by atoms with Gasteiger partial charge in [-0.25, -0.2) is 0 Å². The Hall–Kier alpha value is -0.860. The molecule has 1 aromatic carbocycles. The largest absolute Gasteiger partial charge is 0.330 e. The van der Waals surface area contributed by atoms with Gasteiger partial charge in [-0.15, -0.1) is 0 Å². The maximum atomic E-state index is 5.69. The van der Waals surface area contributed by atoms with E-state index in [0.717, 1.165) is 19.6 Å². The zero-order chi connectivity index (χ0) is 13.4. The van der Waals surface area contributed by atoms with Crippen LogP contribution < -0.4 is 5.73 Å². The zero-order valence-corrected chi connectivity index (χ0v) is 12.2. The summed E-state index contributed by atoms with van der Waals surface area (Å²) in [4.78, 5) is 2.50. The van der Waals surface area contributed by atoms with E-state index in [0.29, 0.717) is 5.92 Å². The molecule has 2 heteroatoms. The first-order valence-electron chi connectivity index (χ1n) is 7.22. The predicted molar refractivity (Wildman–Crippen MR) is 79.8 cm³/mol. The number of nitrogens with zero attached hydrogens (tertiary/aromatic N) is 1. The molecule has 0 radical (unpaired) electrons. The van der Waals surface area contributed by atoms with Crippen LogP contribution in [0.25, 0.3) is 0 Å². The monoisotopic (exact) mass is 248 g/mol. The second-order valence-corrected chi connectivity index (χ2v) is 5.10. The van der Waals surface area contributed by atoms with Crippen molar-refractivity contribution in [2.45, 2.75) is 46.1 Å². The van der Waals surface area contributed by atoms with Crippen molar-refractivity contribution in [2.75, 3.05) is 19.6 Å². The first-order chi connectivity index (χ1) is 8.71. The third kappa shape index (κ3) is 4.79. The molecule has 0 heterocycles. The van der Waals surface area contributed by atoms with Crippen LogP contribution >= 0.6 is 0 Å². The summed E-state index contributed by atoms with van der Waals surface area (Å²) in [6.45, 7) is 10.8. The molecule has 0 fully saturated rings. The van der Waals surface area contributed by atoms with Gasteiger partial charge in [0.15, 0.2) is 0 Å². The molecule has 102 valence electrons. The minimum atomic E-state index is 0.460. The van der Waals surface area contributed by atoms with Crippen LogP contribution in [0.2, 0.25) is 0 Å². The van der Waals surface area contributed by atoms with Gasteiger partial charge < -0.3 is 5.73 Å². The van der Waals surface area contributed by atoms with Crippen LogP contribution in [0.3, 0.4) is 0 Å². The lowest BCUT2D eigenvalue weighted by Gasteiger charge is -2.20. The van der Waals surface area contributed by atoms with Gasteiger partial charge in [0.25, 0.3) is 0 Å². The third-order valence-electron chi connectivity index (χ3n) is 3.58. The molecule has 0 spiro atoms. The molecule has 18 heavy (non-hydrogen) atoms. The normalized spacial score (nSPS) is 12.9. The highest BCUT2D eigenvalue weighted by atomic mass is 15.1. The van der Waals surface area contributed by atoms with Crippen LogP contribution in [0.5, 0.6) is 0 Å². The molecule has 0 saturated heterocycles. The van der Waals surface area contributed by atoms with E-state index in [1.165, 1.54) is 30.5 Å². The van der Waals surface area contributed by atoms with Gasteiger partial charge in [0, 0.05) is 6.54 Å². The van der Waals surface area contributed by atoms with Gasteiger partial charge in [-0.3, -0.25) is 4.90 Å². The predicted octanol–water partition coefficient (Wildman–Crippen LogP) is 3.37. The van der Waals surface area contributed by atoms with Crippen molar-refractivity contribution in [1.29, 1.82) is 0 Å². The highest BCUT2D eigenvalue weighted by molar-refractivity contribution is 5.25. The van der Waals surface area contributed by atoms with Gasteiger partial charge in [0.05, 0.1) is 0 Å². The molecule has 0 aromatic heterocycles. The summed E-state index contributed by atoms with van der Waals surface area (Å²) >= 11 is 0. The van der Waals surface area contributed by atoms with E-state index in [1.54, 1.807) is 0 Å². The lowest BCUT2D eigenvalue weighted by Crippen LogP contribution is -2.23. The maximum Gasteiger partial charge on any atom is 0.0233 e. The van der Waals surface area contributed by atoms with Gasteiger partial charge in [-0.2, -0.15) is 0 Å². The first-order valence-corrected chi connectivity index (χ1v) is 7.22. The molecule has 1 atom stereocenters. The fourth-order valence-corrected chi connectivity index (χ4v) is 2.08. The standard InChI is InChI=1S/C16H28N2/c1-4-6-11-18(5-2)13-15-7-9-16(10-8-15)14(3)12-17/h7-10,14H,4-6,11-13,17H2,1-3H3. The number of nitrogens with two attached hydrogens (primary N) is 1. The van der Waals surface area contributed by atoms with Crippen LogP contribution in [-0.2, 0) is 6.54 Å². The fourth-order valence-electron chi connectivity index (χ4n) is 2.08. The maximum absolute atomic E-state index is 5.69. The molecule has 0 aliphatic heterocycles. The van der Waals surface area contributed by atoms with Crippen LogP contribution in [0.1, 0.15) is 50.7 Å². The summed E-state index contributed by atoms with van der Waals surface area (Å²) in [5.41, 5.74) is 8.44. The Bertz CT molecular complexity index is 318. The van der Waals surface area contributed by atoms with Crippen molar-refractivity contribution < 1.29 is 0 Å². The van der Waals surface area contributed by atoms with Crippen LogP contribution in [0.4, 0.5) is 0 Å². The van der Waals surface area contributed by atoms with E-state index in [4.69, 9.17) is 5.73 Å². The molecule has 0 aliphatic rings. The van der Waals surface area contributed by atoms with Crippen LogP contribution in [0, 0.1) is 0 Å². The molecule has 1 unspecified atom stereocenters. The lowest BCUT2D eigenvalue weighted by atomic mass is 10.00. The molecular formula is C16H28N2. The zero-order valence-electron chi connectivity index (χ0n) is 12.2. The molecule has 0 saturated carbocycles. The quantitative estimate of drug-likeness (QED) is 0.764. The topological polar surface area (TPSA) is 29.3 Å². The number of hydrogen-bond donors (Lipinski definition) is 1. The Kier molecular flexibility index (Phi) is 6.99. The summed E-state index contributed by atoms with van der Waals surface area (Å²) < 4.78 is 0. The van der Waals surface area contributed by atoms with Crippen LogP contribution in [-0.4, -0.2) is 24.5 Å². The van der Waals surface area contributed by atoms with Gasteiger partial charge >= 0.3 is 0 Å². The number of benzene rings is 1. The van der Waals surface area contributed by atoms with E-state index < -0.39 is 0 Å². The van der Waals surface area contributed by atoms with Crippen molar-refractivity contribution in [3.63, 3.8) is 0 Å². The molecular weight excluding hydrogens is 220 g/mol. The Morgan fingerprint density at radius 3 is 2.33 bits per heavy atom. The number of hydrogen-bond acceptors (Lipinski definition) is 2. The molecule has 2 nitrogen and oxygen atoms in total. The molecule has 0 bridgehead atoms. The molecule has 0 aliphatic carbocycles. The van der Waals surface area contributed by atoms with E-state index >= 15 is 0 Å². The van der Waals surface area contributed by atoms with E-state index in [-0.39, 0.29) is 0 Å². The summed E-state index contributed by atoms with van der Waals surface area (Å²) in [6, 6.07) is 8.94. The van der Waals surface area contributed by atoms with E-state index in [9.17, 15) is 0 Å². The highest BCUT2D eigenvalue weighted by Gasteiger charge is 2.05. The SMILES string of the molecule is CCCCN(CC)Cc1ccc(C(C)CN)cc1. The average Bonchev–Trinajstić information content (AvgIpc) is 2.43. The van der Waals surface area contributed by atoms with E-state index in [1.807, 2.05) is 0 Å². The minimum Gasteiger partial charge on any atom is -0.330 e. The minimum absolute atomic E-state index is 0.460. The highest BCUT2D eigenvalue weighted by Crippen LogP contribution is 2.15. The Morgan fingerprint density at radius 1 is 1.17 bits per heavy atom. The van der Waals surface area contributed by atoms with Crippen molar-refractivity contribution in [3.05, 3.63) is 35.4 Å². The Labute approximate surface area is 112 Å². The van der Waals surface area contributed by atoms with Crippen molar-refractivity contribution in [2.24, 2.45) is 5.73 Å². The second-order valence-electron chi connectivity index (χ2n) is 5.10. The van der Waals surface area contributed by atoms with Crippen molar-refractivity contribution in [1.82, 2.24) is 4.90 Å². The lowest BCUT2D eigenvalue weighted by molar-refractivity contribution is 0.275. The first kappa shape index (κ1) is 15.2. The molecule has 1 aromatic rings. The smallest absolute Gasteiger partial charge is 0.0233 e. The number of rotatable bonds is 8. The van der Waals surface area contributed by atoms with Crippen molar-refractivity contribution >= 4 is 0 Å². The van der Waals surface area contributed by atoms with Gasteiger partial charge in [-0.05, 0) is 43.1 Å². The molecule has 1 rings (SSSR count). The Balaban J connectivity index is 2.56. The summed E-state index contributed by atoms with van der Waals surface area (Å²) in [6.07, 6.45) is 2.56. The summed E-state index contributed by atoms with van der Waals surface area (Å²) in [5, 5.41) is 0. The number of unbranched alkanes of at least 4 members (excludes halogenated alkanes) is 1. The van der Waals surface area contributed by atoms with Crippen molar-refractivity contribution in [3.8, 4) is 0 Å². The third-order valence-corrected chi connectivity index (χ3v) is 3.58. The van der Waals surface area contributed by atoms with E-state index in [2.05, 4.69) is 49.9 Å². The summed E-state index contributed by atoms with van der Waals surface area (Å²) in [7, 11) is 0. The molecule has 0 amide bonds. The summed E-state index contributed by atoms with van der Waals surface area (Å²) in [5.74, 6) is 0.460. The average molecular weight is 248 g/mol. The molecule has 2 N–H and O–H groups in total. The van der Waals surface area contributed by atoms with Gasteiger partial charge in [0.2, 0.25) is 0 Å².